The number of carbonyl (C=O) groups is 1. The van der Waals surface area contributed by atoms with E-state index in [-0.39, 0.29) is 41.3 Å². The molecule has 3 heterocycles. The smallest absolute Gasteiger partial charge is 0.417 e. The molecular formula is C28H25F3N4O5. The Morgan fingerprint density at radius 3 is 2.40 bits per heavy atom. The van der Waals surface area contributed by atoms with Crippen LogP contribution in [0, 0.1) is 0 Å². The van der Waals surface area contributed by atoms with Crippen molar-refractivity contribution >= 4 is 11.9 Å². The van der Waals surface area contributed by atoms with Crippen molar-refractivity contribution in [3.63, 3.8) is 0 Å². The number of carboxylic acids is 1. The number of alkyl halides is 3. The molecule has 12 heteroatoms. The average molecular weight is 555 g/mol. The maximum absolute atomic E-state index is 13.7. The lowest BCUT2D eigenvalue weighted by atomic mass is 9.99. The highest BCUT2D eigenvalue weighted by atomic mass is 19.4. The fourth-order valence-electron chi connectivity index (χ4n) is 4.92. The second kappa shape index (κ2) is 10.4. The molecule has 4 aromatic rings. The van der Waals surface area contributed by atoms with Crippen LogP contribution in [0.3, 0.4) is 0 Å². The van der Waals surface area contributed by atoms with Crippen LogP contribution >= 0.6 is 0 Å². The molecule has 0 unspecified atom stereocenters. The number of ether oxygens (including phenoxy) is 1. The number of rotatable bonds is 8. The molecule has 2 aromatic heterocycles. The largest absolute Gasteiger partial charge is 0.478 e. The van der Waals surface area contributed by atoms with Crippen LogP contribution in [0.25, 0.3) is 22.7 Å². The zero-order valence-corrected chi connectivity index (χ0v) is 21.2. The van der Waals surface area contributed by atoms with E-state index in [0.29, 0.717) is 48.8 Å². The molecule has 2 aliphatic rings. The van der Waals surface area contributed by atoms with Gasteiger partial charge < -0.3 is 23.8 Å². The van der Waals surface area contributed by atoms with Gasteiger partial charge in [0.25, 0.3) is 11.8 Å². The van der Waals surface area contributed by atoms with Crippen LogP contribution in [-0.4, -0.2) is 45.6 Å². The van der Waals surface area contributed by atoms with Crippen molar-refractivity contribution in [3.8, 4) is 22.7 Å². The average Bonchev–Trinajstić information content (AvgIpc) is 3.52. The Bertz CT molecular complexity index is 1500. The van der Waals surface area contributed by atoms with Gasteiger partial charge in [0.15, 0.2) is 0 Å². The van der Waals surface area contributed by atoms with Crippen LogP contribution in [0.15, 0.2) is 57.6 Å². The Kier molecular flexibility index (Phi) is 6.78. The molecule has 1 aliphatic carbocycles. The predicted molar refractivity (Wildman–Crippen MR) is 136 cm³/mol. The highest BCUT2D eigenvalue weighted by Crippen LogP contribution is 2.46. The minimum atomic E-state index is -4.52. The first-order valence-electron chi connectivity index (χ1n) is 13.0. The fraction of sp³-hybridized carbons (Fsp3) is 0.357. The molecule has 0 atom stereocenters. The van der Waals surface area contributed by atoms with E-state index >= 15 is 0 Å². The third-order valence-electron chi connectivity index (χ3n) is 7.24. The first-order chi connectivity index (χ1) is 19.3. The molecule has 1 saturated heterocycles. The van der Waals surface area contributed by atoms with Crippen molar-refractivity contribution in [2.75, 3.05) is 18.0 Å². The van der Waals surface area contributed by atoms with Gasteiger partial charge in [-0.3, -0.25) is 0 Å². The Morgan fingerprint density at radius 2 is 1.73 bits per heavy atom. The molecule has 40 heavy (non-hydrogen) atoms. The van der Waals surface area contributed by atoms with Gasteiger partial charge in [-0.15, -0.1) is 0 Å². The van der Waals surface area contributed by atoms with E-state index in [2.05, 4.69) is 15.3 Å². The Balaban J connectivity index is 1.11. The maximum atomic E-state index is 13.7. The number of halogens is 3. The van der Waals surface area contributed by atoms with E-state index in [1.54, 1.807) is 18.2 Å². The van der Waals surface area contributed by atoms with Crippen LogP contribution in [0.4, 0.5) is 19.1 Å². The summed E-state index contributed by atoms with van der Waals surface area (Å²) in [7, 11) is 0. The lowest BCUT2D eigenvalue weighted by molar-refractivity contribution is -0.137. The third kappa shape index (κ3) is 5.31. The van der Waals surface area contributed by atoms with E-state index in [0.717, 1.165) is 18.9 Å². The summed E-state index contributed by atoms with van der Waals surface area (Å²) >= 11 is 0. The van der Waals surface area contributed by atoms with Crippen LogP contribution in [0.1, 0.15) is 58.8 Å². The van der Waals surface area contributed by atoms with Gasteiger partial charge >= 0.3 is 12.1 Å². The molecule has 2 aromatic carbocycles. The molecule has 1 aliphatic heterocycles. The van der Waals surface area contributed by atoms with E-state index in [1.165, 1.54) is 24.3 Å². The van der Waals surface area contributed by atoms with Crippen molar-refractivity contribution in [2.45, 2.75) is 50.5 Å². The highest BCUT2D eigenvalue weighted by Gasteiger charge is 2.38. The number of anilines is 1. The van der Waals surface area contributed by atoms with Crippen molar-refractivity contribution < 1.29 is 36.9 Å². The first-order valence-corrected chi connectivity index (χ1v) is 13.0. The van der Waals surface area contributed by atoms with Gasteiger partial charge in [0.1, 0.15) is 11.5 Å². The normalized spacial score (nSPS) is 16.4. The maximum Gasteiger partial charge on any atom is 0.417 e. The molecule has 0 radical (unpaired) electrons. The molecule has 1 saturated carbocycles. The van der Waals surface area contributed by atoms with E-state index < -0.39 is 17.7 Å². The van der Waals surface area contributed by atoms with Gasteiger partial charge in [-0.25, -0.2) is 4.79 Å². The summed E-state index contributed by atoms with van der Waals surface area (Å²) in [5, 5.41) is 17.2. The minimum Gasteiger partial charge on any atom is -0.478 e. The zero-order chi connectivity index (χ0) is 27.9. The topological polar surface area (TPSA) is 115 Å². The number of piperidine rings is 1. The van der Waals surface area contributed by atoms with Gasteiger partial charge in [0.2, 0.25) is 0 Å². The fourth-order valence-corrected chi connectivity index (χ4v) is 4.92. The third-order valence-corrected chi connectivity index (χ3v) is 7.24. The van der Waals surface area contributed by atoms with Gasteiger partial charge in [-0.05, 0) is 61.2 Å². The SMILES string of the molecule is O=C(O)c1ccc(-c2nc(N3CCC(OCc4c(-c5ccccc5C(F)(F)F)noc4C4CC4)CC3)no2)cc1. The van der Waals surface area contributed by atoms with Gasteiger partial charge in [0, 0.05) is 35.7 Å². The van der Waals surface area contributed by atoms with E-state index in [4.69, 9.17) is 18.9 Å². The molecule has 208 valence electrons. The number of aromatic nitrogens is 3. The summed E-state index contributed by atoms with van der Waals surface area (Å²) in [5.74, 6) is 0.472. The lowest BCUT2D eigenvalue weighted by Crippen LogP contribution is -2.37. The summed E-state index contributed by atoms with van der Waals surface area (Å²) in [6, 6.07) is 11.6. The molecule has 1 N–H and O–H groups in total. The molecule has 0 spiro atoms. The van der Waals surface area contributed by atoms with E-state index in [9.17, 15) is 18.0 Å². The molecule has 6 rings (SSSR count). The predicted octanol–water partition coefficient (Wildman–Crippen LogP) is 6.17. The molecule has 0 amide bonds. The van der Waals surface area contributed by atoms with Crippen molar-refractivity contribution in [2.24, 2.45) is 0 Å². The highest BCUT2D eigenvalue weighted by molar-refractivity contribution is 5.88. The lowest BCUT2D eigenvalue weighted by Gasteiger charge is -2.30. The Labute approximate surface area is 226 Å². The quantitative estimate of drug-likeness (QED) is 0.273. The number of benzene rings is 2. The van der Waals surface area contributed by atoms with Crippen LogP contribution in [0.2, 0.25) is 0 Å². The molecule has 9 nitrogen and oxygen atoms in total. The van der Waals surface area contributed by atoms with Crippen LogP contribution < -0.4 is 4.90 Å². The second-order valence-electron chi connectivity index (χ2n) is 9.97. The number of hydrogen-bond acceptors (Lipinski definition) is 8. The summed E-state index contributed by atoms with van der Waals surface area (Å²) in [5.41, 5.74) is 0.784. The van der Waals surface area contributed by atoms with Crippen molar-refractivity contribution in [1.29, 1.82) is 0 Å². The standard InChI is InChI=1S/C28H25F3N4O5/c29-28(30,31)22-4-2-1-3-20(22)23-21(24(39-33-23)16-5-6-16)15-38-19-11-13-35(14-12-19)27-32-25(40-34-27)17-7-9-18(10-8-17)26(36)37/h1-4,7-10,16,19H,5-6,11-15H2,(H,36,37). The summed E-state index contributed by atoms with van der Waals surface area (Å²) in [4.78, 5) is 17.5. The number of aromatic carboxylic acids is 1. The van der Waals surface area contributed by atoms with Gasteiger partial charge in [0.05, 0.1) is 23.8 Å². The van der Waals surface area contributed by atoms with Crippen LogP contribution in [-0.2, 0) is 17.5 Å². The number of nitrogens with zero attached hydrogens (tertiary/aromatic N) is 4. The number of carboxylic acid groups (broad SMARTS) is 1. The summed E-state index contributed by atoms with van der Waals surface area (Å²) < 4.78 is 58.3. The van der Waals surface area contributed by atoms with Gasteiger partial charge in [-0.2, -0.15) is 18.2 Å². The second-order valence-corrected chi connectivity index (χ2v) is 9.97. The van der Waals surface area contributed by atoms with Gasteiger partial charge in [-0.1, -0.05) is 23.4 Å². The molecule has 2 fully saturated rings. The minimum absolute atomic E-state index is 0.00965. The monoisotopic (exact) mass is 554 g/mol. The first kappa shape index (κ1) is 26.1. The molecular weight excluding hydrogens is 529 g/mol. The van der Waals surface area contributed by atoms with E-state index in [1.807, 2.05) is 4.90 Å². The summed E-state index contributed by atoms with van der Waals surface area (Å²) in [6.07, 6.45) is -1.48. The number of hydrogen-bond donors (Lipinski definition) is 1. The molecule has 0 bridgehead atoms. The van der Waals surface area contributed by atoms with Crippen molar-refractivity contribution in [3.05, 3.63) is 71.0 Å². The van der Waals surface area contributed by atoms with Crippen molar-refractivity contribution in [1.82, 2.24) is 15.3 Å². The summed E-state index contributed by atoms with van der Waals surface area (Å²) in [6.45, 7) is 1.31. The van der Waals surface area contributed by atoms with Crippen LogP contribution in [0.5, 0.6) is 0 Å². The Hall–Kier alpha value is -4.19. The zero-order valence-electron chi connectivity index (χ0n) is 21.2. The Morgan fingerprint density at radius 1 is 1.00 bits per heavy atom.